The molecule has 0 spiro atoms. The van der Waals surface area contributed by atoms with Crippen LogP contribution in [-0.2, 0) is 0 Å². The fourth-order valence-corrected chi connectivity index (χ4v) is 2.13. The van der Waals surface area contributed by atoms with E-state index >= 15 is 0 Å². The van der Waals surface area contributed by atoms with Crippen molar-refractivity contribution in [1.29, 1.82) is 0 Å². The molecule has 1 heterocycles. The minimum atomic E-state index is 0.0570. The summed E-state index contributed by atoms with van der Waals surface area (Å²) in [5, 5.41) is 14.6. The van der Waals surface area contributed by atoms with Gasteiger partial charge in [0.05, 0.1) is 6.04 Å². The molecule has 1 unspecified atom stereocenters. The number of hydrogen-bond donors (Lipinski definition) is 2. The van der Waals surface area contributed by atoms with E-state index in [1.54, 1.807) is 0 Å². The number of halogens is 1. The lowest BCUT2D eigenvalue weighted by Gasteiger charge is -2.08. The van der Waals surface area contributed by atoms with E-state index in [1.807, 2.05) is 32.0 Å². The third-order valence-corrected chi connectivity index (χ3v) is 3.88. The number of nitrogens with zero attached hydrogens (tertiary/aromatic N) is 2. The molecule has 1 atom stereocenters. The molecule has 1 aromatic heterocycles. The highest BCUT2D eigenvalue weighted by molar-refractivity contribution is 9.10. The monoisotopic (exact) mass is 338 g/mol. The molecule has 0 radical (unpaired) electrons. The van der Waals surface area contributed by atoms with Gasteiger partial charge in [0, 0.05) is 10.2 Å². The van der Waals surface area contributed by atoms with Crippen molar-refractivity contribution in [3.63, 3.8) is 0 Å². The van der Waals surface area contributed by atoms with Crippen molar-refractivity contribution >= 4 is 27.6 Å². The SMILES string of the molecule is CCCNC(C)c1nnc(Nc2cccc(Br)c2C)o1. The molecule has 2 N–H and O–H groups in total. The van der Waals surface area contributed by atoms with Gasteiger partial charge < -0.3 is 15.1 Å². The fourth-order valence-electron chi connectivity index (χ4n) is 1.77. The number of benzene rings is 1. The van der Waals surface area contributed by atoms with Gasteiger partial charge in [0.2, 0.25) is 5.89 Å². The number of hydrogen-bond acceptors (Lipinski definition) is 5. The summed E-state index contributed by atoms with van der Waals surface area (Å²) >= 11 is 3.50. The second-order valence-electron chi connectivity index (χ2n) is 4.66. The van der Waals surface area contributed by atoms with Crippen molar-refractivity contribution in [3.8, 4) is 0 Å². The van der Waals surface area contributed by atoms with Crippen LogP contribution in [0.1, 0.15) is 37.8 Å². The van der Waals surface area contributed by atoms with Gasteiger partial charge in [0.15, 0.2) is 0 Å². The van der Waals surface area contributed by atoms with E-state index < -0.39 is 0 Å². The molecular weight excluding hydrogens is 320 g/mol. The second kappa shape index (κ2) is 6.85. The van der Waals surface area contributed by atoms with Gasteiger partial charge in [-0.1, -0.05) is 34.0 Å². The number of aromatic nitrogens is 2. The zero-order valence-corrected chi connectivity index (χ0v) is 13.5. The molecule has 0 saturated heterocycles. The largest absolute Gasteiger partial charge is 0.406 e. The Morgan fingerprint density at radius 1 is 1.35 bits per heavy atom. The maximum atomic E-state index is 5.63. The van der Waals surface area contributed by atoms with Crippen LogP contribution in [-0.4, -0.2) is 16.7 Å². The first kappa shape index (κ1) is 15.0. The van der Waals surface area contributed by atoms with E-state index in [2.05, 4.69) is 43.7 Å². The van der Waals surface area contributed by atoms with E-state index in [4.69, 9.17) is 4.42 Å². The van der Waals surface area contributed by atoms with Crippen molar-refractivity contribution in [1.82, 2.24) is 15.5 Å². The second-order valence-corrected chi connectivity index (χ2v) is 5.51. The highest BCUT2D eigenvalue weighted by Gasteiger charge is 2.13. The van der Waals surface area contributed by atoms with Crippen molar-refractivity contribution in [2.45, 2.75) is 33.2 Å². The average molecular weight is 339 g/mol. The van der Waals surface area contributed by atoms with Crippen LogP contribution in [0.3, 0.4) is 0 Å². The van der Waals surface area contributed by atoms with Gasteiger partial charge in [-0.2, -0.15) is 0 Å². The number of nitrogens with one attached hydrogen (secondary N) is 2. The Balaban J connectivity index is 2.07. The van der Waals surface area contributed by atoms with E-state index in [-0.39, 0.29) is 6.04 Å². The standard InChI is InChI=1S/C14H19BrN4O/c1-4-8-16-10(3)13-18-19-14(20-13)17-12-7-5-6-11(15)9(12)2/h5-7,10,16H,4,8H2,1-3H3,(H,17,19). The Hall–Kier alpha value is -1.40. The van der Waals surface area contributed by atoms with Crippen molar-refractivity contribution in [2.75, 3.05) is 11.9 Å². The predicted octanol–water partition coefficient (Wildman–Crippen LogP) is 3.94. The minimum Gasteiger partial charge on any atom is -0.406 e. The Kier molecular flexibility index (Phi) is 5.14. The Morgan fingerprint density at radius 3 is 2.90 bits per heavy atom. The predicted molar refractivity (Wildman–Crippen MR) is 83.2 cm³/mol. The van der Waals surface area contributed by atoms with Crippen molar-refractivity contribution < 1.29 is 4.42 Å². The Bertz CT molecular complexity index is 570. The topological polar surface area (TPSA) is 63.0 Å². The lowest BCUT2D eigenvalue weighted by Crippen LogP contribution is -2.19. The summed E-state index contributed by atoms with van der Waals surface area (Å²) in [6.07, 6.45) is 1.07. The first-order chi connectivity index (χ1) is 9.61. The molecule has 2 aromatic rings. The summed E-state index contributed by atoms with van der Waals surface area (Å²) in [6.45, 7) is 7.08. The average Bonchev–Trinajstić information content (AvgIpc) is 2.90. The zero-order chi connectivity index (χ0) is 14.5. The van der Waals surface area contributed by atoms with Gasteiger partial charge in [0.1, 0.15) is 0 Å². The molecule has 0 aliphatic rings. The molecule has 108 valence electrons. The molecule has 2 rings (SSSR count). The van der Waals surface area contributed by atoms with Crippen LogP contribution in [0.15, 0.2) is 27.1 Å². The molecule has 0 bridgehead atoms. The summed E-state index contributed by atoms with van der Waals surface area (Å²) in [5.74, 6) is 0.591. The summed E-state index contributed by atoms with van der Waals surface area (Å²) in [5.41, 5.74) is 2.05. The zero-order valence-electron chi connectivity index (χ0n) is 11.9. The normalized spacial score (nSPS) is 12.4. The Morgan fingerprint density at radius 2 is 2.15 bits per heavy atom. The van der Waals surface area contributed by atoms with Crippen LogP contribution in [0.2, 0.25) is 0 Å². The van der Waals surface area contributed by atoms with Gasteiger partial charge in [0.25, 0.3) is 0 Å². The van der Waals surface area contributed by atoms with E-state index in [9.17, 15) is 0 Å². The van der Waals surface area contributed by atoms with Gasteiger partial charge in [-0.15, -0.1) is 5.10 Å². The van der Waals surface area contributed by atoms with Crippen LogP contribution < -0.4 is 10.6 Å². The van der Waals surface area contributed by atoms with E-state index in [1.165, 1.54) is 0 Å². The fraction of sp³-hybridized carbons (Fsp3) is 0.429. The van der Waals surface area contributed by atoms with Crippen LogP contribution in [0.25, 0.3) is 0 Å². The van der Waals surface area contributed by atoms with E-state index in [0.717, 1.165) is 28.7 Å². The molecule has 5 nitrogen and oxygen atoms in total. The van der Waals surface area contributed by atoms with Gasteiger partial charge in [-0.3, -0.25) is 0 Å². The smallest absolute Gasteiger partial charge is 0.320 e. The molecule has 20 heavy (non-hydrogen) atoms. The summed E-state index contributed by atoms with van der Waals surface area (Å²) in [7, 11) is 0. The number of rotatable bonds is 6. The summed E-state index contributed by atoms with van der Waals surface area (Å²) < 4.78 is 6.67. The highest BCUT2D eigenvalue weighted by atomic mass is 79.9. The van der Waals surface area contributed by atoms with Crippen molar-refractivity contribution in [3.05, 3.63) is 34.1 Å². The molecular formula is C14H19BrN4O. The van der Waals surface area contributed by atoms with Crippen LogP contribution in [0.4, 0.5) is 11.7 Å². The molecule has 0 aliphatic heterocycles. The summed E-state index contributed by atoms with van der Waals surface area (Å²) in [6, 6.07) is 6.40. The third kappa shape index (κ3) is 3.58. The van der Waals surface area contributed by atoms with Crippen LogP contribution in [0.5, 0.6) is 0 Å². The first-order valence-electron chi connectivity index (χ1n) is 6.70. The first-order valence-corrected chi connectivity index (χ1v) is 7.50. The molecule has 0 aliphatic carbocycles. The molecule has 1 aromatic carbocycles. The minimum absolute atomic E-state index is 0.0570. The third-order valence-electron chi connectivity index (χ3n) is 3.02. The molecule has 6 heteroatoms. The van der Waals surface area contributed by atoms with Crippen LogP contribution >= 0.6 is 15.9 Å². The summed E-state index contributed by atoms with van der Waals surface area (Å²) in [4.78, 5) is 0. The Labute approximate surface area is 127 Å². The lowest BCUT2D eigenvalue weighted by molar-refractivity contribution is 0.424. The molecule has 0 fully saturated rings. The lowest BCUT2D eigenvalue weighted by atomic mass is 10.2. The highest BCUT2D eigenvalue weighted by Crippen LogP contribution is 2.26. The maximum Gasteiger partial charge on any atom is 0.320 e. The van der Waals surface area contributed by atoms with Gasteiger partial charge >= 0.3 is 6.01 Å². The molecule has 0 amide bonds. The van der Waals surface area contributed by atoms with Crippen molar-refractivity contribution in [2.24, 2.45) is 0 Å². The molecule has 0 saturated carbocycles. The van der Waals surface area contributed by atoms with Crippen LogP contribution in [0, 0.1) is 6.92 Å². The number of anilines is 2. The maximum absolute atomic E-state index is 5.63. The van der Waals surface area contributed by atoms with E-state index in [0.29, 0.717) is 11.9 Å². The van der Waals surface area contributed by atoms with Gasteiger partial charge in [-0.25, -0.2) is 0 Å². The quantitative estimate of drug-likeness (QED) is 0.834. The van der Waals surface area contributed by atoms with Gasteiger partial charge in [-0.05, 0) is 44.5 Å².